The fraction of sp³-hybridized carbons (Fsp3) is 0.533. The minimum atomic E-state index is 0.0443. The van der Waals surface area contributed by atoms with Gasteiger partial charge < -0.3 is 5.32 Å². The number of carbonyl (C=O) groups excluding carboxylic acids is 1. The van der Waals surface area contributed by atoms with Crippen LogP contribution < -0.4 is 5.32 Å². The van der Waals surface area contributed by atoms with E-state index in [0.29, 0.717) is 11.8 Å². The van der Waals surface area contributed by atoms with Gasteiger partial charge >= 0.3 is 0 Å². The second-order valence-corrected chi connectivity index (χ2v) is 6.66. The number of amides is 1. The van der Waals surface area contributed by atoms with Crippen LogP contribution in [-0.4, -0.2) is 23.6 Å². The predicted molar refractivity (Wildman–Crippen MR) is 81.9 cm³/mol. The largest absolute Gasteiger partial charge is 0.355 e. The van der Waals surface area contributed by atoms with E-state index in [0.717, 1.165) is 25.8 Å². The maximum Gasteiger partial charge on any atom is 0.233 e. The lowest BCUT2D eigenvalue weighted by atomic mass is 10.1. The van der Waals surface area contributed by atoms with Crippen molar-refractivity contribution in [1.29, 1.82) is 0 Å². The van der Waals surface area contributed by atoms with Gasteiger partial charge in [-0.1, -0.05) is 25.1 Å². The Morgan fingerprint density at radius 3 is 3.05 bits per heavy atom. The average molecular weight is 298 g/mol. The molecule has 19 heavy (non-hydrogen) atoms. The molecule has 1 aromatic rings. The van der Waals surface area contributed by atoms with Gasteiger partial charge in [0.1, 0.15) is 0 Å². The molecule has 2 atom stereocenters. The lowest BCUT2D eigenvalue weighted by molar-refractivity contribution is -0.120. The summed E-state index contributed by atoms with van der Waals surface area (Å²) in [6, 6.07) is 8.26. The Morgan fingerprint density at radius 2 is 2.32 bits per heavy atom. The first-order valence-corrected chi connectivity index (χ1v) is 8.20. The Hall–Kier alpha value is -0.670. The third kappa shape index (κ3) is 4.15. The summed E-state index contributed by atoms with van der Waals surface area (Å²) in [4.78, 5) is 13.3. The van der Waals surface area contributed by atoms with E-state index >= 15 is 0 Å². The number of alkyl halides is 1. The highest BCUT2D eigenvalue weighted by Crippen LogP contribution is 2.36. The third-order valence-electron chi connectivity index (χ3n) is 3.38. The molecule has 0 saturated heterocycles. The lowest BCUT2D eigenvalue weighted by Crippen LogP contribution is -2.33. The van der Waals surface area contributed by atoms with Crippen LogP contribution >= 0.6 is 23.4 Å². The molecular weight excluding hydrogens is 278 g/mol. The Balaban J connectivity index is 1.71. The van der Waals surface area contributed by atoms with E-state index in [9.17, 15) is 4.79 Å². The Morgan fingerprint density at radius 1 is 1.53 bits per heavy atom. The Bertz CT molecular complexity index is 413. The molecule has 0 saturated carbocycles. The first-order chi connectivity index (χ1) is 9.20. The first-order valence-electron chi connectivity index (χ1n) is 6.79. The van der Waals surface area contributed by atoms with E-state index in [2.05, 4.69) is 24.4 Å². The summed E-state index contributed by atoms with van der Waals surface area (Å²) >= 11 is 7.44. The minimum Gasteiger partial charge on any atom is -0.355 e. The molecule has 104 valence electrons. The number of nitrogens with one attached hydrogen (secondary N) is 1. The normalized spacial score (nSPS) is 18.9. The van der Waals surface area contributed by atoms with Gasteiger partial charge in [-0.05, 0) is 36.8 Å². The molecule has 4 heteroatoms. The minimum absolute atomic E-state index is 0.0443. The Labute approximate surface area is 124 Å². The maximum absolute atomic E-state index is 12.1. The van der Waals surface area contributed by atoms with Crippen LogP contribution in [0, 0.1) is 5.92 Å². The van der Waals surface area contributed by atoms with E-state index in [1.165, 1.54) is 10.5 Å². The lowest BCUT2D eigenvalue weighted by Gasteiger charge is -2.11. The van der Waals surface area contributed by atoms with Gasteiger partial charge in [-0.2, -0.15) is 0 Å². The molecule has 2 nitrogen and oxygen atoms in total. The van der Waals surface area contributed by atoms with Crippen LogP contribution in [0.2, 0.25) is 0 Å². The zero-order valence-corrected chi connectivity index (χ0v) is 12.8. The summed E-state index contributed by atoms with van der Waals surface area (Å²) in [6.07, 6.45) is 2.93. The number of hydrogen-bond donors (Lipinski definition) is 1. The number of benzene rings is 1. The number of rotatable bonds is 6. The van der Waals surface area contributed by atoms with Gasteiger partial charge in [-0.15, -0.1) is 23.4 Å². The van der Waals surface area contributed by atoms with Gasteiger partial charge in [0.25, 0.3) is 0 Å². The summed E-state index contributed by atoms with van der Waals surface area (Å²) < 4.78 is 0. The second kappa shape index (κ2) is 7.20. The number of thioether (sulfide) groups is 1. The van der Waals surface area contributed by atoms with Crippen molar-refractivity contribution >= 4 is 29.3 Å². The van der Waals surface area contributed by atoms with Crippen molar-refractivity contribution in [2.75, 3.05) is 12.4 Å². The number of halogens is 1. The maximum atomic E-state index is 12.1. The summed E-state index contributed by atoms with van der Waals surface area (Å²) in [7, 11) is 0. The zero-order valence-electron chi connectivity index (χ0n) is 11.2. The van der Waals surface area contributed by atoms with Crippen molar-refractivity contribution in [1.82, 2.24) is 5.32 Å². The van der Waals surface area contributed by atoms with E-state index in [1.807, 2.05) is 12.1 Å². The zero-order chi connectivity index (χ0) is 13.7. The molecule has 0 aromatic heterocycles. The van der Waals surface area contributed by atoms with E-state index in [1.54, 1.807) is 11.8 Å². The highest BCUT2D eigenvalue weighted by molar-refractivity contribution is 8.01. The fourth-order valence-electron chi connectivity index (χ4n) is 2.18. The van der Waals surface area contributed by atoms with Crippen LogP contribution in [0.4, 0.5) is 0 Å². The van der Waals surface area contributed by atoms with Crippen LogP contribution in [0.3, 0.4) is 0 Å². The third-order valence-corrected chi connectivity index (χ3v) is 5.22. The molecule has 2 unspecified atom stereocenters. The summed E-state index contributed by atoms with van der Waals surface area (Å²) in [5.41, 5.74) is 1.29. The average Bonchev–Trinajstić information content (AvgIpc) is 2.87. The van der Waals surface area contributed by atoms with Crippen molar-refractivity contribution < 1.29 is 4.79 Å². The summed E-state index contributed by atoms with van der Waals surface area (Å²) in [5.74, 6) is 1.39. The highest BCUT2D eigenvalue weighted by Gasteiger charge is 2.27. The molecule has 0 radical (unpaired) electrons. The van der Waals surface area contributed by atoms with Gasteiger partial charge in [0, 0.05) is 17.3 Å². The topological polar surface area (TPSA) is 29.1 Å². The molecular formula is C15H20ClNOS. The van der Waals surface area contributed by atoms with Gasteiger partial charge in [0.2, 0.25) is 5.91 Å². The first kappa shape index (κ1) is 14.7. The molecule has 1 aliphatic heterocycles. The predicted octanol–water partition coefficient (Wildman–Crippen LogP) is 3.47. The van der Waals surface area contributed by atoms with Crippen LogP contribution in [0.25, 0.3) is 0 Å². The molecule has 0 aliphatic carbocycles. The number of fused-ring (bicyclic) bond motifs is 1. The standard InChI is InChI=1S/C15H20ClNOS/c1-11(10-16)5-4-8-17-15(18)14-9-12-6-2-3-7-13(12)19-14/h2-3,6-7,11,14H,4-5,8-10H2,1H3,(H,17,18). The van der Waals surface area contributed by atoms with Crippen LogP contribution in [0.5, 0.6) is 0 Å². The smallest absolute Gasteiger partial charge is 0.233 e. The van der Waals surface area contributed by atoms with Gasteiger partial charge in [-0.25, -0.2) is 0 Å². The molecule has 1 N–H and O–H groups in total. The van der Waals surface area contributed by atoms with Gasteiger partial charge in [-0.3, -0.25) is 4.79 Å². The fourth-order valence-corrected chi connectivity index (χ4v) is 3.56. The van der Waals surface area contributed by atoms with Crippen molar-refractivity contribution in [2.45, 2.75) is 36.3 Å². The van der Waals surface area contributed by atoms with Crippen molar-refractivity contribution in [3.05, 3.63) is 29.8 Å². The van der Waals surface area contributed by atoms with E-state index < -0.39 is 0 Å². The second-order valence-electron chi connectivity index (χ2n) is 5.11. The molecule has 1 heterocycles. The van der Waals surface area contributed by atoms with Crippen LogP contribution in [-0.2, 0) is 11.2 Å². The van der Waals surface area contributed by atoms with Crippen molar-refractivity contribution in [2.24, 2.45) is 5.92 Å². The molecule has 1 aromatic carbocycles. The number of hydrogen-bond acceptors (Lipinski definition) is 2. The van der Waals surface area contributed by atoms with Gasteiger partial charge in [0.05, 0.1) is 5.25 Å². The molecule has 2 rings (SSSR count). The number of carbonyl (C=O) groups is 1. The molecule has 1 amide bonds. The molecule has 0 spiro atoms. The summed E-state index contributed by atoms with van der Waals surface area (Å²) in [5, 5.41) is 3.08. The van der Waals surface area contributed by atoms with Gasteiger partial charge in [0.15, 0.2) is 0 Å². The highest BCUT2D eigenvalue weighted by atomic mass is 35.5. The molecule has 0 bridgehead atoms. The SMILES string of the molecule is CC(CCl)CCCNC(=O)C1Cc2ccccc2S1. The van der Waals surface area contributed by atoms with Crippen molar-refractivity contribution in [3.63, 3.8) is 0 Å². The van der Waals surface area contributed by atoms with Crippen LogP contribution in [0.1, 0.15) is 25.3 Å². The van der Waals surface area contributed by atoms with Crippen molar-refractivity contribution in [3.8, 4) is 0 Å². The molecule has 0 fully saturated rings. The monoisotopic (exact) mass is 297 g/mol. The molecule has 1 aliphatic rings. The Kier molecular flexibility index (Phi) is 5.59. The van der Waals surface area contributed by atoms with E-state index in [-0.39, 0.29) is 11.2 Å². The summed E-state index contributed by atoms with van der Waals surface area (Å²) in [6.45, 7) is 2.89. The van der Waals surface area contributed by atoms with E-state index in [4.69, 9.17) is 11.6 Å². The van der Waals surface area contributed by atoms with Crippen LogP contribution in [0.15, 0.2) is 29.2 Å². The quantitative estimate of drug-likeness (QED) is 0.643.